The largest absolute Gasteiger partial charge is 0.481 e. The molecule has 5 nitrogen and oxygen atoms in total. The van der Waals surface area contributed by atoms with Crippen molar-refractivity contribution in [2.75, 3.05) is 7.11 Å². The molecule has 2 heterocycles. The second kappa shape index (κ2) is 5.89. The van der Waals surface area contributed by atoms with Gasteiger partial charge in [-0.15, -0.1) is 0 Å². The number of amides is 1. The molecule has 0 bridgehead atoms. The molecule has 3 aromatic rings. The average Bonchev–Trinajstić information content (AvgIpc) is 2.90. The molecule has 0 atom stereocenters. The van der Waals surface area contributed by atoms with Crippen LogP contribution in [0.25, 0.3) is 10.9 Å². The number of carbonyl (C=O) groups is 1. The van der Waals surface area contributed by atoms with Crippen LogP contribution in [0, 0.1) is 0 Å². The van der Waals surface area contributed by atoms with E-state index in [9.17, 15) is 4.79 Å². The highest BCUT2D eigenvalue weighted by molar-refractivity contribution is 5.98. The number of nitrogens with zero attached hydrogens (tertiary/aromatic N) is 2. The summed E-state index contributed by atoms with van der Waals surface area (Å²) in [7, 11) is 3.47. The number of carbonyl (C=O) groups excluding carboxylic acids is 1. The second-order valence-electron chi connectivity index (χ2n) is 5.04. The molecular weight excluding hydrogens is 278 g/mol. The highest BCUT2D eigenvalue weighted by Gasteiger charge is 2.12. The Morgan fingerprint density at radius 1 is 1.27 bits per heavy atom. The van der Waals surface area contributed by atoms with Crippen molar-refractivity contribution in [1.29, 1.82) is 0 Å². The van der Waals surface area contributed by atoms with Gasteiger partial charge in [0, 0.05) is 36.8 Å². The topological polar surface area (TPSA) is 56.1 Å². The van der Waals surface area contributed by atoms with Crippen LogP contribution in [0.1, 0.15) is 16.1 Å². The molecule has 0 aliphatic rings. The highest BCUT2D eigenvalue weighted by atomic mass is 16.5. The number of ether oxygens (including phenoxy) is 1. The van der Waals surface area contributed by atoms with E-state index in [0.29, 0.717) is 18.1 Å². The molecule has 0 saturated heterocycles. The minimum atomic E-state index is -0.102. The van der Waals surface area contributed by atoms with Gasteiger partial charge < -0.3 is 14.6 Å². The first-order valence-electron chi connectivity index (χ1n) is 7.00. The number of benzene rings is 1. The van der Waals surface area contributed by atoms with Crippen LogP contribution in [-0.2, 0) is 13.6 Å². The van der Waals surface area contributed by atoms with Crippen molar-refractivity contribution >= 4 is 16.8 Å². The zero-order valence-corrected chi connectivity index (χ0v) is 12.5. The van der Waals surface area contributed by atoms with E-state index in [-0.39, 0.29) is 5.91 Å². The summed E-state index contributed by atoms with van der Waals surface area (Å²) in [5.41, 5.74) is 2.62. The fourth-order valence-corrected chi connectivity index (χ4v) is 2.45. The fourth-order valence-electron chi connectivity index (χ4n) is 2.45. The molecule has 0 spiro atoms. The van der Waals surface area contributed by atoms with Crippen molar-refractivity contribution in [3.05, 3.63) is 59.9 Å². The third-order valence-corrected chi connectivity index (χ3v) is 3.65. The maximum atomic E-state index is 12.4. The van der Waals surface area contributed by atoms with E-state index in [1.54, 1.807) is 13.3 Å². The number of hydrogen-bond acceptors (Lipinski definition) is 3. The predicted molar refractivity (Wildman–Crippen MR) is 84.9 cm³/mol. The monoisotopic (exact) mass is 295 g/mol. The van der Waals surface area contributed by atoms with E-state index in [1.807, 2.05) is 54.1 Å². The minimum absolute atomic E-state index is 0.102. The lowest BCUT2D eigenvalue weighted by Gasteiger charge is -2.07. The van der Waals surface area contributed by atoms with Gasteiger partial charge in [-0.25, -0.2) is 4.98 Å². The van der Waals surface area contributed by atoms with Crippen molar-refractivity contribution < 1.29 is 9.53 Å². The summed E-state index contributed by atoms with van der Waals surface area (Å²) in [5, 5.41) is 3.98. The van der Waals surface area contributed by atoms with E-state index in [1.165, 1.54) is 0 Å². The first-order chi connectivity index (χ1) is 10.7. The van der Waals surface area contributed by atoms with Crippen LogP contribution < -0.4 is 10.1 Å². The molecule has 2 aromatic heterocycles. The van der Waals surface area contributed by atoms with E-state index in [0.717, 1.165) is 16.5 Å². The van der Waals surface area contributed by atoms with Gasteiger partial charge in [0.15, 0.2) is 0 Å². The first-order valence-corrected chi connectivity index (χ1v) is 7.00. The van der Waals surface area contributed by atoms with Crippen LogP contribution in [0.15, 0.2) is 48.7 Å². The molecule has 0 fully saturated rings. The maximum absolute atomic E-state index is 12.4. The number of methoxy groups -OCH3 is 1. The van der Waals surface area contributed by atoms with Gasteiger partial charge in [-0.2, -0.15) is 0 Å². The normalized spacial score (nSPS) is 10.6. The first kappa shape index (κ1) is 14.1. The van der Waals surface area contributed by atoms with Gasteiger partial charge in [0.25, 0.3) is 5.91 Å². The molecule has 1 aromatic carbocycles. The van der Waals surface area contributed by atoms with Crippen molar-refractivity contribution in [1.82, 2.24) is 14.9 Å². The lowest BCUT2D eigenvalue weighted by Crippen LogP contribution is -2.24. The molecule has 0 aliphatic heterocycles. The lowest BCUT2D eigenvalue weighted by molar-refractivity contribution is 0.0943. The molecular formula is C17H17N3O2. The number of rotatable bonds is 4. The predicted octanol–water partition coefficient (Wildman–Crippen LogP) is 2.51. The van der Waals surface area contributed by atoms with E-state index in [4.69, 9.17) is 4.74 Å². The van der Waals surface area contributed by atoms with Gasteiger partial charge in [0.05, 0.1) is 7.11 Å². The van der Waals surface area contributed by atoms with Gasteiger partial charge in [-0.05, 0) is 23.8 Å². The maximum Gasteiger partial charge on any atom is 0.268 e. The summed E-state index contributed by atoms with van der Waals surface area (Å²) in [5.74, 6) is 0.436. The quantitative estimate of drug-likeness (QED) is 0.804. The third kappa shape index (κ3) is 2.65. The zero-order valence-electron chi connectivity index (χ0n) is 12.5. The third-order valence-electron chi connectivity index (χ3n) is 3.65. The van der Waals surface area contributed by atoms with Gasteiger partial charge in [-0.1, -0.05) is 18.2 Å². The Bertz CT molecular complexity index is 824. The van der Waals surface area contributed by atoms with E-state index in [2.05, 4.69) is 10.3 Å². The van der Waals surface area contributed by atoms with Crippen LogP contribution in [0.4, 0.5) is 0 Å². The molecule has 3 rings (SSSR count). The lowest BCUT2D eigenvalue weighted by atomic mass is 10.2. The number of aryl methyl sites for hydroxylation is 1. The van der Waals surface area contributed by atoms with Crippen molar-refractivity contribution in [2.45, 2.75) is 6.54 Å². The Hall–Kier alpha value is -2.82. The van der Waals surface area contributed by atoms with Crippen molar-refractivity contribution in [2.24, 2.45) is 7.05 Å². The number of hydrogen-bond donors (Lipinski definition) is 1. The van der Waals surface area contributed by atoms with Gasteiger partial charge >= 0.3 is 0 Å². The Labute approximate surface area is 128 Å². The number of nitrogens with one attached hydrogen (secondary N) is 1. The summed E-state index contributed by atoms with van der Waals surface area (Å²) < 4.78 is 6.98. The molecule has 0 saturated carbocycles. The van der Waals surface area contributed by atoms with Gasteiger partial charge in [-0.3, -0.25) is 4.79 Å². The molecule has 0 radical (unpaired) electrons. The van der Waals surface area contributed by atoms with E-state index < -0.39 is 0 Å². The van der Waals surface area contributed by atoms with Crippen LogP contribution >= 0.6 is 0 Å². The van der Waals surface area contributed by atoms with Crippen LogP contribution in [0.3, 0.4) is 0 Å². The highest BCUT2D eigenvalue weighted by Crippen LogP contribution is 2.18. The van der Waals surface area contributed by atoms with Crippen molar-refractivity contribution in [3.63, 3.8) is 0 Å². The number of fused-ring (bicyclic) bond motifs is 1. The molecule has 1 amide bonds. The Morgan fingerprint density at radius 3 is 2.86 bits per heavy atom. The average molecular weight is 295 g/mol. The van der Waals surface area contributed by atoms with Crippen LogP contribution in [-0.4, -0.2) is 22.6 Å². The minimum Gasteiger partial charge on any atom is -0.481 e. The Morgan fingerprint density at radius 2 is 2.09 bits per heavy atom. The standard InChI is InChI=1S/C17H17N3O2/c1-20-14-6-4-3-5-13(14)10-15(20)17(21)19-11-12-7-8-18-16(9-12)22-2/h3-10H,11H2,1-2H3,(H,19,21). The van der Waals surface area contributed by atoms with Gasteiger partial charge in [0.2, 0.25) is 5.88 Å². The Kier molecular flexibility index (Phi) is 3.78. The molecule has 0 aliphatic carbocycles. The van der Waals surface area contributed by atoms with Crippen LogP contribution in [0.5, 0.6) is 5.88 Å². The number of pyridine rings is 1. The van der Waals surface area contributed by atoms with Gasteiger partial charge in [0.1, 0.15) is 5.69 Å². The number of para-hydroxylation sites is 1. The van der Waals surface area contributed by atoms with E-state index >= 15 is 0 Å². The summed E-state index contributed by atoms with van der Waals surface area (Å²) in [6.45, 7) is 0.430. The summed E-state index contributed by atoms with van der Waals surface area (Å²) in [4.78, 5) is 16.4. The molecule has 1 N–H and O–H groups in total. The van der Waals surface area contributed by atoms with Crippen LogP contribution in [0.2, 0.25) is 0 Å². The molecule has 0 unspecified atom stereocenters. The zero-order chi connectivity index (χ0) is 15.5. The second-order valence-corrected chi connectivity index (χ2v) is 5.04. The smallest absolute Gasteiger partial charge is 0.268 e. The SMILES string of the molecule is COc1cc(CNC(=O)c2cc3ccccc3n2C)ccn1. The fraction of sp³-hybridized carbons (Fsp3) is 0.176. The molecule has 5 heteroatoms. The van der Waals surface area contributed by atoms with Crippen molar-refractivity contribution in [3.8, 4) is 5.88 Å². The summed E-state index contributed by atoms with van der Waals surface area (Å²) >= 11 is 0. The summed E-state index contributed by atoms with van der Waals surface area (Å²) in [6, 6.07) is 13.5. The number of aromatic nitrogens is 2. The Balaban J connectivity index is 1.77. The molecule has 22 heavy (non-hydrogen) atoms. The molecule has 112 valence electrons. The summed E-state index contributed by atoms with van der Waals surface area (Å²) in [6.07, 6.45) is 1.66.